The van der Waals surface area contributed by atoms with Crippen LogP contribution in [0.25, 0.3) is 10.9 Å². The number of aromatic amines is 1. The van der Waals surface area contributed by atoms with Crippen molar-refractivity contribution in [1.82, 2.24) is 24.0 Å². The van der Waals surface area contributed by atoms with Gasteiger partial charge >= 0.3 is 6.03 Å². The summed E-state index contributed by atoms with van der Waals surface area (Å²) in [5.41, 5.74) is 3.35. The lowest BCUT2D eigenvalue weighted by Crippen LogP contribution is -2.53. The molecule has 1 aromatic heterocycles. The van der Waals surface area contributed by atoms with Crippen molar-refractivity contribution in [2.75, 3.05) is 52.6 Å². The van der Waals surface area contributed by atoms with E-state index in [2.05, 4.69) is 41.2 Å². The van der Waals surface area contributed by atoms with E-state index in [1.54, 1.807) is 4.90 Å². The van der Waals surface area contributed by atoms with Gasteiger partial charge < -0.3 is 14.8 Å². The first kappa shape index (κ1) is 26.3. The minimum absolute atomic E-state index is 0.0528. The van der Waals surface area contributed by atoms with E-state index in [0.717, 1.165) is 17.6 Å². The molecule has 1 N–H and O–H groups in total. The second kappa shape index (κ2) is 10.5. The van der Waals surface area contributed by atoms with Gasteiger partial charge in [0, 0.05) is 69.5 Å². The first-order valence-electron chi connectivity index (χ1n) is 12.3. The van der Waals surface area contributed by atoms with Crippen molar-refractivity contribution in [3.8, 4) is 0 Å². The Morgan fingerprint density at radius 1 is 1.00 bits per heavy atom. The number of nitrogens with zero attached hydrogens (tertiary/aromatic N) is 4. The van der Waals surface area contributed by atoms with Crippen LogP contribution in [0.3, 0.4) is 0 Å². The fourth-order valence-electron chi connectivity index (χ4n) is 5.48. The van der Waals surface area contributed by atoms with Crippen molar-refractivity contribution in [3.63, 3.8) is 0 Å². The van der Waals surface area contributed by atoms with Gasteiger partial charge in [-0.05, 0) is 53.9 Å². The molecular weight excluding hydrogens is 533 g/mol. The van der Waals surface area contributed by atoms with Gasteiger partial charge in [-0.3, -0.25) is 4.90 Å². The Kier molecular flexibility index (Phi) is 7.44. The van der Waals surface area contributed by atoms with E-state index < -0.39 is 10.0 Å². The van der Waals surface area contributed by atoms with Crippen LogP contribution in [0.5, 0.6) is 0 Å². The lowest BCUT2D eigenvalue weighted by molar-refractivity contribution is 0.138. The second-order valence-corrected chi connectivity index (χ2v) is 12.8. The number of likely N-dealkylation sites (N-methyl/N-ethyl adjacent to an activating group) is 1. The number of rotatable bonds is 5. The van der Waals surface area contributed by atoms with Crippen molar-refractivity contribution in [2.24, 2.45) is 0 Å². The quantitative estimate of drug-likeness (QED) is 0.507. The molecule has 37 heavy (non-hydrogen) atoms. The van der Waals surface area contributed by atoms with Crippen molar-refractivity contribution < 1.29 is 13.2 Å². The topological polar surface area (TPSA) is 80.0 Å². The number of likely N-dealkylation sites (tertiary alicyclic amines) is 1. The maximum Gasteiger partial charge on any atom is 0.320 e. The predicted molar refractivity (Wildman–Crippen MR) is 148 cm³/mol. The maximum atomic E-state index is 13.5. The summed E-state index contributed by atoms with van der Waals surface area (Å²) in [6.45, 7) is 3.26. The maximum absolute atomic E-state index is 13.5. The number of hydrogen-bond donors (Lipinski definition) is 1. The van der Waals surface area contributed by atoms with Crippen molar-refractivity contribution >= 4 is 50.2 Å². The highest BCUT2D eigenvalue weighted by atomic mass is 35.5. The monoisotopic (exact) mass is 563 g/mol. The smallest absolute Gasteiger partial charge is 0.320 e. The zero-order valence-corrected chi connectivity index (χ0v) is 23.2. The second-order valence-electron chi connectivity index (χ2n) is 10.00. The van der Waals surface area contributed by atoms with Gasteiger partial charge in [-0.2, -0.15) is 4.31 Å². The number of fused-ring (bicyclic) bond motifs is 1. The first-order chi connectivity index (χ1) is 17.6. The molecule has 2 atom stereocenters. The van der Waals surface area contributed by atoms with Gasteiger partial charge in [0.15, 0.2) is 0 Å². The highest BCUT2D eigenvalue weighted by Crippen LogP contribution is 2.35. The van der Waals surface area contributed by atoms with E-state index in [1.165, 1.54) is 21.5 Å². The molecule has 198 valence electrons. The van der Waals surface area contributed by atoms with Crippen molar-refractivity contribution in [3.05, 3.63) is 69.8 Å². The first-order valence-corrected chi connectivity index (χ1v) is 14.9. The average molecular weight is 565 g/mol. The molecule has 3 heterocycles. The number of hydrogen-bond acceptors (Lipinski definition) is 4. The molecule has 0 aliphatic carbocycles. The molecule has 11 heteroatoms. The molecule has 2 aromatic carbocycles. The molecule has 0 saturated carbocycles. The fraction of sp³-hybridized carbons (Fsp3) is 0.423. The Morgan fingerprint density at radius 3 is 2.46 bits per heavy atom. The highest BCUT2D eigenvalue weighted by molar-refractivity contribution is 7.88. The van der Waals surface area contributed by atoms with Crippen LogP contribution in [-0.2, 0) is 16.6 Å². The van der Waals surface area contributed by atoms with Crippen LogP contribution in [0, 0.1) is 0 Å². The van der Waals surface area contributed by atoms with Crippen LogP contribution >= 0.6 is 23.2 Å². The Balaban J connectivity index is 1.35. The van der Waals surface area contributed by atoms with Crippen molar-refractivity contribution in [2.45, 2.75) is 18.5 Å². The summed E-state index contributed by atoms with van der Waals surface area (Å²) >= 11 is 12.6. The summed E-state index contributed by atoms with van der Waals surface area (Å²) in [7, 11) is -1.16. The summed E-state index contributed by atoms with van der Waals surface area (Å²) in [6, 6.07) is 14.2. The molecular formula is C26H31Cl2N5O3S. The van der Waals surface area contributed by atoms with Crippen LogP contribution in [0.15, 0.2) is 48.7 Å². The molecule has 2 aliphatic heterocycles. The van der Waals surface area contributed by atoms with Gasteiger partial charge in [-0.25, -0.2) is 13.2 Å². The SMILES string of the molecule is CN(Cc1ccc2[nH]ccc2c1)C1CN(C(=O)N2CCN(S(C)(=O)=O)CC2)CC1c1ccc(Cl)c(Cl)c1. The molecule has 0 bridgehead atoms. The van der Waals surface area contributed by atoms with Gasteiger partial charge in [-0.15, -0.1) is 0 Å². The zero-order valence-electron chi connectivity index (χ0n) is 20.9. The van der Waals surface area contributed by atoms with Crippen LogP contribution in [0.1, 0.15) is 17.0 Å². The highest BCUT2D eigenvalue weighted by Gasteiger charge is 2.40. The van der Waals surface area contributed by atoms with Gasteiger partial charge in [0.05, 0.1) is 16.3 Å². The van der Waals surface area contributed by atoms with E-state index in [1.807, 2.05) is 29.3 Å². The van der Waals surface area contributed by atoms with E-state index in [4.69, 9.17) is 23.2 Å². The number of carbonyl (C=O) groups is 1. The van der Waals surface area contributed by atoms with E-state index in [0.29, 0.717) is 49.3 Å². The molecule has 2 amide bonds. The van der Waals surface area contributed by atoms with Crippen LogP contribution in [0.4, 0.5) is 4.79 Å². The third-order valence-corrected chi connectivity index (χ3v) is 9.57. The third kappa shape index (κ3) is 5.61. The van der Waals surface area contributed by atoms with E-state index in [9.17, 15) is 13.2 Å². The summed E-state index contributed by atoms with van der Waals surface area (Å²) < 4.78 is 25.2. The largest absolute Gasteiger partial charge is 0.361 e. The summed E-state index contributed by atoms with van der Waals surface area (Å²) in [5, 5.41) is 2.17. The van der Waals surface area contributed by atoms with Gasteiger partial charge in [0.25, 0.3) is 0 Å². The molecule has 2 unspecified atom stereocenters. The lowest BCUT2D eigenvalue weighted by Gasteiger charge is -2.35. The standard InChI is InChI=1S/C26H31Cl2N5O3S/c1-30(15-18-3-6-24-20(13-18)7-8-29-24)25-17-32(16-21(25)19-4-5-22(27)23(28)14-19)26(34)31-9-11-33(12-10-31)37(2,35)36/h3-8,13-14,21,25,29H,9-12,15-17H2,1-2H3. The Labute approximate surface area is 227 Å². The lowest BCUT2D eigenvalue weighted by atomic mass is 9.93. The zero-order chi connectivity index (χ0) is 26.3. The minimum Gasteiger partial charge on any atom is -0.361 e. The van der Waals surface area contributed by atoms with Gasteiger partial charge in [0.2, 0.25) is 10.0 Å². The molecule has 5 rings (SSSR count). The molecule has 2 fully saturated rings. The predicted octanol–water partition coefficient (Wildman–Crippen LogP) is 4.07. The molecule has 3 aromatic rings. The van der Waals surface area contributed by atoms with Crippen molar-refractivity contribution in [1.29, 1.82) is 0 Å². The number of amides is 2. The Bertz CT molecular complexity index is 1400. The van der Waals surface area contributed by atoms with Crippen LogP contribution in [0.2, 0.25) is 10.0 Å². The molecule has 2 aliphatic rings. The number of H-pyrrole nitrogens is 1. The normalized spacial score (nSPS) is 21.3. The van der Waals surface area contributed by atoms with E-state index >= 15 is 0 Å². The number of benzene rings is 2. The number of carbonyl (C=O) groups excluding carboxylic acids is 1. The number of urea groups is 1. The summed E-state index contributed by atoms with van der Waals surface area (Å²) in [5.74, 6) is 0.0528. The number of nitrogens with one attached hydrogen (secondary N) is 1. The van der Waals surface area contributed by atoms with E-state index in [-0.39, 0.29) is 18.0 Å². The minimum atomic E-state index is -3.26. The fourth-order valence-corrected chi connectivity index (χ4v) is 6.61. The van der Waals surface area contributed by atoms with Gasteiger partial charge in [0.1, 0.15) is 0 Å². The number of sulfonamides is 1. The third-order valence-electron chi connectivity index (χ3n) is 7.53. The molecule has 2 saturated heterocycles. The average Bonchev–Trinajstić information content (AvgIpc) is 3.52. The number of piperazine rings is 1. The van der Waals surface area contributed by atoms with Crippen LogP contribution < -0.4 is 0 Å². The summed E-state index contributed by atoms with van der Waals surface area (Å²) in [4.78, 5) is 22.7. The Hall–Kier alpha value is -2.30. The number of halogens is 2. The molecule has 0 spiro atoms. The van der Waals surface area contributed by atoms with Crippen LogP contribution in [-0.4, -0.2) is 97.1 Å². The summed E-state index contributed by atoms with van der Waals surface area (Å²) in [6.07, 6.45) is 3.15. The molecule has 0 radical (unpaired) electrons. The van der Waals surface area contributed by atoms with Gasteiger partial charge in [-0.1, -0.05) is 35.3 Å². The molecule has 8 nitrogen and oxygen atoms in total. The number of aromatic nitrogens is 1. The Morgan fingerprint density at radius 2 is 1.76 bits per heavy atom.